The third-order valence-corrected chi connectivity index (χ3v) is 8.11. The molecule has 2 aliphatic heterocycles. The molecule has 8 nitrogen and oxygen atoms in total. The van der Waals surface area contributed by atoms with Crippen molar-refractivity contribution in [2.45, 2.75) is 60.2 Å². The van der Waals surface area contributed by atoms with Gasteiger partial charge in [-0.15, -0.1) is 46.4 Å². The van der Waals surface area contributed by atoms with E-state index in [1.54, 1.807) is 4.90 Å². The molecule has 196 valence electrons. The number of carbonyl (C=O) groups excluding carboxylic acids is 1. The molecule has 0 bridgehead atoms. The highest BCUT2D eigenvalue weighted by molar-refractivity contribution is 6.52. The molecule has 4 aliphatic rings. The van der Waals surface area contributed by atoms with Crippen LogP contribution in [0.4, 0.5) is 18.0 Å². The molecule has 0 aromatic carbocycles. The number of likely N-dealkylation sites (tertiary alicyclic amines) is 1. The highest BCUT2D eigenvalue weighted by Crippen LogP contribution is 2.65. The van der Waals surface area contributed by atoms with Gasteiger partial charge in [0, 0.05) is 42.8 Å². The molecule has 15 heteroatoms. The number of piperidine rings is 2. The first-order chi connectivity index (χ1) is 15.1. The van der Waals surface area contributed by atoms with Crippen molar-refractivity contribution in [1.82, 2.24) is 10.2 Å². The van der Waals surface area contributed by atoms with Crippen LogP contribution in [0.15, 0.2) is 0 Å². The Morgan fingerprint density at radius 3 is 1.74 bits per heavy atom. The number of rotatable bonds is 1. The van der Waals surface area contributed by atoms with Gasteiger partial charge in [-0.25, -0.2) is 9.59 Å². The lowest BCUT2D eigenvalue weighted by Gasteiger charge is -2.30. The first kappa shape index (κ1) is 29.4. The zero-order valence-electron chi connectivity index (χ0n) is 18.5. The number of alkyl halides is 7. The van der Waals surface area contributed by atoms with E-state index in [0.29, 0.717) is 13.1 Å². The molecule has 2 heterocycles. The third-order valence-electron chi connectivity index (χ3n) is 5.98. The number of ether oxygens (including phenoxy) is 1. The lowest BCUT2D eigenvalue weighted by atomic mass is 10.2. The van der Waals surface area contributed by atoms with Crippen LogP contribution >= 0.6 is 46.4 Å². The van der Waals surface area contributed by atoms with Crippen molar-refractivity contribution in [3.05, 3.63) is 0 Å². The fourth-order valence-corrected chi connectivity index (χ4v) is 6.01. The summed E-state index contributed by atoms with van der Waals surface area (Å²) in [6, 6.07) is -0.482. The molecule has 6 atom stereocenters. The number of carbonyl (C=O) groups is 3. The van der Waals surface area contributed by atoms with E-state index in [4.69, 9.17) is 66.1 Å². The average Bonchev–Trinajstić information content (AvgIpc) is 3.14. The van der Waals surface area contributed by atoms with Gasteiger partial charge in [-0.3, -0.25) is 4.79 Å². The van der Waals surface area contributed by atoms with Gasteiger partial charge in [0.15, 0.2) is 0 Å². The van der Waals surface area contributed by atoms with Crippen molar-refractivity contribution < 1.29 is 42.5 Å². The largest absolute Gasteiger partial charge is 0.490 e. The van der Waals surface area contributed by atoms with Crippen molar-refractivity contribution in [2.75, 3.05) is 13.1 Å². The summed E-state index contributed by atoms with van der Waals surface area (Å²) in [5, 5.41) is 18.6. The molecule has 2 saturated carbocycles. The van der Waals surface area contributed by atoms with Gasteiger partial charge in [0.05, 0.1) is 0 Å². The lowest BCUT2D eigenvalue weighted by Crippen LogP contribution is -2.42. The first-order valence-corrected chi connectivity index (χ1v) is 11.7. The van der Waals surface area contributed by atoms with Gasteiger partial charge < -0.3 is 25.2 Å². The van der Waals surface area contributed by atoms with E-state index in [0.717, 1.165) is 0 Å². The van der Waals surface area contributed by atoms with Crippen LogP contribution < -0.4 is 5.32 Å². The molecule has 1 amide bonds. The summed E-state index contributed by atoms with van der Waals surface area (Å²) in [5.41, 5.74) is -0.456. The van der Waals surface area contributed by atoms with E-state index in [-0.39, 0.29) is 35.8 Å². The van der Waals surface area contributed by atoms with Gasteiger partial charge in [0.1, 0.15) is 20.3 Å². The number of amides is 1. The molecule has 4 fully saturated rings. The number of halogens is 7. The van der Waals surface area contributed by atoms with E-state index in [1.807, 2.05) is 27.7 Å². The molecular weight excluding hydrogens is 551 g/mol. The minimum absolute atomic E-state index is 0.0647. The maximum absolute atomic E-state index is 11.9. The first-order valence-electron chi connectivity index (χ1n) is 10.2. The maximum Gasteiger partial charge on any atom is 0.490 e. The Kier molecular flexibility index (Phi) is 8.23. The van der Waals surface area contributed by atoms with E-state index in [1.165, 1.54) is 0 Å². The minimum atomic E-state index is -5.08. The second kappa shape index (κ2) is 9.53. The van der Waals surface area contributed by atoms with Gasteiger partial charge in [0.2, 0.25) is 0 Å². The van der Waals surface area contributed by atoms with Gasteiger partial charge in [0.25, 0.3) is 0 Å². The molecule has 2 saturated heterocycles. The van der Waals surface area contributed by atoms with Crippen LogP contribution in [0.3, 0.4) is 0 Å². The summed E-state index contributed by atoms with van der Waals surface area (Å²) >= 11 is 23.8. The number of hydrogen-bond donors (Lipinski definition) is 3. The quantitative estimate of drug-likeness (QED) is 0.402. The molecule has 0 radical (unpaired) electrons. The Morgan fingerprint density at radius 1 is 1.00 bits per heavy atom. The van der Waals surface area contributed by atoms with Crippen LogP contribution in [0.1, 0.15) is 27.7 Å². The van der Waals surface area contributed by atoms with Crippen LogP contribution in [0.25, 0.3) is 0 Å². The summed E-state index contributed by atoms with van der Waals surface area (Å²) in [7, 11) is 0. The second-order valence-electron chi connectivity index (χ2n) is 9.51. The smallest absolute Gasteiger partial charge is 0.480 e. The molecule has 0 aromatic heterocycles. The predicted octanol–water partition coefficient (Wildman–Crippen LogP) is 4.14. The average molecular weight is 576 g/mol. The predicted molar refractivity (Wildman–Crippen MR) is 118 cm³/mol. The molecule has 4 rings (SSSR count). The zero-order chi connectivity index (χ0) is 26.6. The molecule has 0 unspecified atom stereocenters. The Balaban J connectivity index is 0.000000197. The van der Waals surface area contributed by atoms with Gasteiger partial charge in [-0.05, 0) is 27.7 Å². The number of carboxylic acids is 2. The molecule has 34 heavy (non-hydrogen) atoms. The maximum atomic E-state index is 11.9. The van der Waals surface area contributed by atoms with Gasteiger partial charge in [-0.1, -0.05) is 0 Å². The molecule has 0 spiro atoms. The summed E-state index contributed by atoms with van der Waals surface area (Å²) in [5.74, 6) is -3.18. The number of aliphatic carboxylic acids is 2. The van der Waals surface area contributed by atoms with Crippen molar-refractivity contribution in [3.63, 3.8) is 0 Å². The molecular formula is C19H25Cl4F3N2O6. The fourth-order valence-electron chi connectivity index (χ4n) is 4.20. The molecule has 2 aliphatic carbocycles. The number of nitrogens with zero attached hydrogens (tertiary/aromatic N) is 1. The van der Waals surface area contributed by atoms with Crippen molar-refractivity contribution in [2.24, 2.45) is 23.7 Å². The summed E-state index contributed by atoms with van der Waals surface area (Å²) in [4.78, 5) is 33.0. The number of hydrogen-bond acceptors (Lipinski definition) is 5. The third kappa shape index (κ3) is 6.27. The Hall–Kier alpha value is -0.880. The van der Waals surface area contributed by atoms with Crippen LogP contribution in [-0.4, -0.2) is 78.8 Å². The normalized spacial score (nSPS) is 33.8. The Labute approximate surface area is 214 Å². The molecule has 0 aromatic rings. The Bertz CT molecular complexity index is 836. The highest BCUT2D eigenvalue weighted by atomic mass is 35.5. The monoisotopic (exact) mass is 574 g/mol. The molecule has 3 N–H and O–H groups in total. The standard InChI is InChI=1S/C11H17Cl2NO2.C6H7Cl2NO2.C2HF3O2/c1-6-8-7(11(8,12)13)5-14(6)9(15)16-10(2,3)4;7-6(8)2-1-9-4(3(2)6)5(10)11;3-2(4,5)1(6)7/h6-8H,5H2,1-4H3;2-4,9H,1H2,(H,10,11);(H,6,7)/t6-,7+,8-;2-,3-,4-;/m10./s1. The number of fused-ring (bicyclic) bond motifs is 2. The Morgan fingerprint density at radius 2 is 1.47 bits per heavy atom. The van der Waals surface area contributed by atoms with E-state index in [9.17, 15) is 22.8 Å². The minimum Gasteiger partial charge on any atom is -0.480 e. The van der Waals surface area contributed by atoms with Gasteiger partial charge >= 0.3 is 24.2 Å². The van der Waals surface area contributed by atoms with Crippen molar-refractivity contribution in [1.29, 1.82) is 0 Å². The van der Waals surface area contributed by atoms with Crippen LogP contribution in [0.5, 0.6) is 0 Å². The number of nitrogens with one attached hydrogen (secondary N) is 1. The van der Waals surface area contributed by atoms with E-state index in [2.05, 4.69) is 5.32 Å². The van der Waals surface area contributed by atoms with Crippen LogP contribution in [-0.2, 0) is 14.3 Å². The van der Waals surface area contributed by atoms with Crippen molar-refractivity contribution >= 4 is 64.4 Å². The lowest BCUT2D eigenvalue weighted by molar-refractivity contribution is -0.192. The van der Waals surface area contributed by atoms with Crippen LogP contribution in [0, 0.1) is 23.7 Å². The summed E-state index contributed by atoms with van der Waals surface area (Å²) in [6.07, 6.45) is -5.35. The second-order valence-corrected chi connectivity index (χ2v) is 12.4. The van der Waals surface area contributed by atoms with Crippen molar-refractivity contribution in [3.8, 4) is 0 Å². The number of carboxylic acid groups (broad SMARTS) is 2. The fraction of sp³-hybridized carbons (Fsp3) is 0.842. The van der Waals surface area contributed by atoms with E-state index >= 15 is 0 Å². The SMILES string of the molecule is C[C@@H]1[C@@H]2[C@H](CN1C(=O)OC(C)(C)C)C2(Cl)Cl.O=C(O)C(F)(F)F.O=C(O)[C@H]1NC[C@H]2[C@@H]1C2(Cl)Cl. The zero-order valence-corrected chi connectivity index (χ0v) is 21.5. The highest BCUT2D eigenvalue weighted by Gasteiger charge is 2.71. The topological polar surface area (TPSA) is 116 Å². The van der Waals surface area contributed by atoms with E-state index < -0.39 is 38.4 Å². The van der Waals surface area contributed by atoms with Gasteiger partial charge in [-0.2, -0.15) is 13.2 Å². The van der Waals surface area contributed by atoms with Crippen LogP contribution in [0.2, 0.25) is 0 Å². The summed E-state index contributed by atoms with van der Waals surface area (Å²) < 4.78 is 35.7. The summed E-state index contributed by atoms with van der Waals surface area (Å²) in [6.45, 7) is 8.78.